The van der Waals surface area contributed by atoms with Crippen LogP contribution in [0.4, 0.5) is 5.69 Å². The van der Waals surface area contributed by atoms with E-state index in [1.807, 2.05) is 6.92 Å². The Morgan fingerprint density at radius 1 is 1.10 bits per heavy atom. The van der Waals surface area contributed by atoms with E-state index in [2.05, 4.69) is 5.32 Å². The van der Waals surface area contributed by atoms with Crippen LogP contribution >= 0.6 is 0 Å². The number of nitrogens with two attached hydrogens (primary N) is 1. The van der Waals surface area contributed by atoms with Crippen molar-refractivity contribution in [1.29, 1.82) is 0 Å². The third kappa shape index (κ3) is 3.54. The highest BCUT2D eigenvalue weighted by Crippen LogP contribution is 2.43. The molecule has 2 aromatic rings. The van der Waals surface area contributed by atoms with E-state index < -0.39 is 23.5 Å². The molecule has 0 saturated carbocycles. The summed E-state index contributed by atoms with van der Waals surface area (Å²) in [7, 11) is 0. The van der Waals surface area contributed by atoms with Gasteiger partial charge in [-0.2, -0.15) is 0 Å². The smallest absolute Gasteiger partial charge is 0.257 e. The van der Waals surface area contributed by atoms with Gasteiger partial charge in [-0.15, -0.1) is 0 Å². The van der Waals surface area contributed by atoms with E-state index in [4.69, 9.17) is 5.73 Å². The van der Waals surface area contributed by atoms with Gasteiger partial charge >= 0.3 is 0 Å². The van der Waals surface area contributed by atoms with E-state index in [1.54, 1.807) is 64.4 Å². The molecule has 8 nitrogen and oxygen atoms in total. The summed E-state index contributed by atoms with van der Waals surface area (Å²) in [5, 5.41) is 2.66. The van der Waals surface area contributed by atoms with Gasteiger partial charge in [0.2, 0.25) is 17.7 Å². The first-order valence-electron chi connectivity index (χ1n) is 10.2. The van der Waals surface area contributed by atoms with Crippen LogP contribution in [0, 0.1) is 0 Å². The number of amides is 4. The zero-order chi connectivity index (χ0) is 22.2. The number of benzene rings is 2. The van der Waals surface area contributed by atoms with Crippen molar-refractivity contribution in [3.05, 3.63) is 65.7 Å². The highest BCUT2D eigenvalue weighted by Gasteiger charge is 2.52. The summed E-state index contributed by atoms with van der Waals surface area (Å²) in [6.07, 6.45) is 0.794. The topological polar surface area (TPSA) is 113 Å². The number of primary amides is 1. The number of para-hydroxylation sites is 1. The van der Waals surface area contributed by atoms with Crippen LogP contribution in [0.3, 0.4) is 0 Å². The molecular weight excluding hydrogens is 396 g/mol. The predicted octanol–water partition coefficient (Wildman–Crippen LogP) is 1.72. The van der Waals surface area contributed by atoms with E-state index >= 15 is 0 Å². The maximum atomic E-state index is 13.2. The average Bonchev–Trinajstić information content (AvgIpc) is 3.07. The Bertz CT molecular complexity index is 1050. The number of carbonyl (C=O) groups is 4. The number of hydrogen-bond donors (Lipinski definition) is 2. The van der Waals surface area contributed by atoms with E-state index in [0.717, 1.165) is 0 Å². The minimum atomic E-state index is -0.952. The molecule has 2 unspecified atom stereocenters. The average molecular weight is 420 g/mol. The van der Waals surface area contributed by atoms with Crippen LogP contribution in [0.1, 0.15) is 48.1 Å². The lowest BCUT2D eigenvalue weighted by atomic mass is 9.98. The number of nitrogens with zero attached hydrogens (tertiary/aromatic N) is 2. The lowest BCUT2D eigenvalue weighted by Crippen LogP contribution is -2.62. The van der Waals surface area contributed by atoms with Gasteiger partial charge in [0.05, 0.1) is 11.3 Å². The second-order valence-corrected chi connectivity index (χ2v) is 7.98. The van der Waals surface area contributed by atoms with Gasteiger partial charge in [-0.1, -0.05) is 42.5 Å². The minimum Gasteiger partial charge on any atom is -0.368 e. The third-order valence-corrected chi connectivity index (χ3v) is 6.03. The second kappa shape index (κ2) is 7.86. The van der Waals surface area contributed by atoms with Gasteiger partial charge in [0, 0.05) is 19.4 Å². The molecule has 0 radical (unpaired) electrons. The maximum absolute atomic E-state index is 13.2. The van der Waals surface area contributed by atoms with Crippen molar-refractivity contribution in [3.63, 3.8) is 0 Å². The number of anilines is 1. The van der Waals surface area contributed by atoms with Gasteiger partial charge < -0.3 is 16.0 Å². The Morgan fingerprint density at radius 2 is 1.77 bits per heavy atom. The molecule has 2 aliphatic heterocycles. The number of carbonyl (C=O) groups excluding carboxylic acids is 4. The molecule has 0 aliphatic carbocycles. The molecule has 4 rings (SSSR count). The van der Waals surface area contributed by atoms with Gasteiger partial charge in [0.25, 0.3) is 5.91 Å². The zero-order valence-corrected chi connectivity index (χ0v) is 17.2. The van der Waals surface area contributed by atoms with Gasteiger partial charge in [0.1, 0.15) is 11.7 Å². The largest absolute Gasteiger partial charge is 0.368 e. The van der Waals surface area contributed by atoms with Gasteiger partial charge in [0.15, 0.2) is 0 Å². The normalized spacial score (nSPS) is 20.8. The van der Waals surface area contributed by atoms with Crippen molar-refractivity contribution < 1.29 is 19.2 Å². The van der Waals surface area contributed by atoms with Crippen LogP contribution in [0.25, 0.3) is 0 Å². The number of hydrogen-bond acceptors (Lipinski definition) is 4. The number of nitrogens with one attached hydrogen (secondary N) is 1. The first-order valence-corrected chi connectivity index (χ1v) is 10.2. The van der Waals surface area contributed by atoms with Gasteiger partial charge in [-0.05, 0) is 31.0 Å². The van der Waals surface area contributed by atoms with Crippen molar-refractivity contribution in [2.45, 2.75) is 37.9 Å². The maximum Gasteiger partial charge on any atom is 0.257 e. The van der Waals surface area contributed by atoms with Gasteiger partial charge in [-0.25, -0.2) is 0 Å². The lowest BCUT2D eigenvalue weighted by molar-refractivity contribution is -0.127. The molecule has 8 heteroatoms. The summed E-state index contributed by atoms with van der Waals surface area (Å²) < 4.78 is 0. The Hall–Kier alpha value is -3.68. The Balaban J connectivity index is 1.52. The molecule has 0 bridgehead atoms. The summed E-state index contributed by atoms with van der Waals surface area (Å²) in [5.41, 5.74) is 6.28. The van der Waals surface area contributed by atoms with E-state index in [0.29, 0.717) is 29.7 Å². The fourth-order valence-electron chi connectivity index (χ4n) is 4.45. The Labute approximate surface area is 180 Å². The van der Waals surface area contributed by atoms with Crippen LogP contribution in [0.15, 0.2) is 54.6 Å². The van der Waals surface area contributed by atoms with Crippen molar-refractivity contribution in [3.8, 4) is 0 Å². The minimum absolute atomic E-state index is 0.0257. The van der Waals surface area contributed by atoms with Crippen LogP contribution in [-0.4, -0.2) is 40.7 Å². The summed E-state index contributed by atoms with van der Waals surface area (Å²) in [4.78, 5) is 53.6. The molecule has 2 atom stereocenters. The van der Waals surface area contributed by atoms with Crippen molar-refractivity contribution in [2.24, 2.45) is 5.73 Å². The molecular formula is C23H24N4O4. The molecule has 4 amide bonds. The molecule has 2 aromatic carbocycles. The Morgan fingerprint density at radius 3 is 2.48 bits per heavy atom. The zero-order valence-electron chi connectivity index (χ0n) is 17.2. The first-order chi connectivity index (χ1) is 14.8. The second-order valence-electron chi connectivity index (χ2n) is 7.98. The van der Waals surface area contributed by atoms with Gasteiger partial charge in [-0.3, -0.25) is 24.1 Å². The highest BCUT2D eigenvalue weighted by molar-refractivity contribution is 6.10. The van der Waals surface area contributed by atoms with E-state index in [-0.39, 0.29) is 24.8 Å². The van der Waals surface area contributed by atoms with Crippen LogP contribution < -0.4 is 16.0 Å². The standard InChI is InChI=1S/C23H24N4O4/c1-23-13-11-19(29)27(23)17-10-6-5-9-16(17)22(31)26(23)14-12-18(28)25-20(21(24)30)15-7-3-2-4-8-15/h2-10,20H,11-14H2,1H3,(H2,24,30)(H,25,28). The van der Waals surface area contributed by atoms with Crippen molar-refractivity contribution in [1.82, 2.24) is 10.2 Å². The van der Waals surface area contributed by atoms with Crippen LogP contribution in [-0.2, 0) is 14.4 Å². The fourth-order valence-corrected chi connectivity index (χ4v) is 4.45. The van der Waals surface area contributed by atoms with Crippen molar-refractivity contribution >= 4 is 29.3 Å². The monoisotopic (exact) mass is 420 g/mol. The molecule has 0 aromatic heterocycles. The van der Waals surface area contributed by atoms with Crippen LogP contribution in [0.5, 0.6) is 0 Å². The summed E-state index contributed by atoms with van der Waals surface area (Å²) in [5.74, 6) is -1.33. The van der Waals surface area contributed by atoms with E-state index in [1.165, 1.54) is 0 Å². The Kier molecular flexibility index (Phi) is 5.22. The molecule has 2 heterocycles. The molecule has 1 fully saturated rings. The SMILES string of the molecule is CC12CCC(=O)N1c1ccccc1C(=O)N2CCC(=O)NC(C(N)=O)c1ccccc1. The summed E-state index contributed by atoms with van der Waals surface area (Å²) in [6.45, 7) is 1.96. The third-order valence-electron chi connectivity index (χ3n) is 6.03. The molecule has 1 saturated heterocycles. The number of rotatable bonds is 6. The molecule has 160 valence electrons. The summed E-state index contributed by atoms with van der Waals surface area (Å²) in [6, 6.07) is 14.8. The molecule has 3 N–H and O–H groups in total. The highest BCUT2D eigenvalue weighted by atomic mass is 16.2. The first kappa shape index (κ1) is 20.6. The quantitative estimate of drug-likeness (QED) is 0.741. The van der Waals surface area contributed by atoms with E-state index in [9.17, 15) is 19.2 Å². The summed E-state index contributed by atoms with van der Waals surface area (Å²) >= 11 is 0. The molecule has 2 aliphatic rings. The predicted molar refractivity (Wildman–Crippen MR) is 114 cm³/mol. The molecule has 31 heavy (non-hydrogen) atoms. The van der Waals surface area contributed by atoms with Crippen LogP contribution in [0.2, 0.25) is 0 Å². The lowest BCUT2D eigenvalue weighted by Gasteiger charge is -2.48. The molecule has 0 spiro atoms. The number of fused-ring (bicyclic) bond motifs is 3. The van der Waals surface area contributed by atoms with Crippen molar-refractivity contribution in [2.75, 3.05) is 11.4 Å². The fraction of sp³-hybridized carbons (Fsp3) is 0.304.